The Morgan fingerprint density at radius 1 is 1.32 bits per heavy atom. The highest BCUT2D eigenvalue weighted by Gasteiger charge is 2.05. The van der Waals surface area contributed by atoms with Gasteiger partial charge in [-0.3, -0.25) is 4.98 Å². The van der Waals surface area contributed by atoms with Crippen molar-refractivity contribution < 1.29 is 5.21 Å². The summed E-state index contributed by atoms with van der Waals surface area (Å²) in [6.07, 6.45) is 3.33. The molecule has 0 aromatic carbocycles. The zero-order valence-corrected chi connectivity index (χ0v) is 10.6. The fraction of sp³-hybridized carbons (Fsp3) is 0.154. The van der Waals surface area contributed by atoms with E-state index in [1.807, 2.05) is 36.2 Å². The molecule has 0 spiro atoms. The van der Waals surface area contributed by atoms with Crippen LogP contribution < -0.4 is 10.6 Å². The number of pyridine rings is 2. The molecule has 2 aromatic heterocycles. The highest BCUT2D eigenvalue weighted by Crippen LogP contribution is 2.12. The molecule has 0 aliphatic rings. The lowest BCUT2D eigenvalue weighted by molar-refractivity contribution is 0.318. The van der Waals surface area contributed by atoms with Crippen LogP contribution in [0, 0.1) is 0 Å². The average Bonchev–Trinajstić information content (AvgIpc) is 2.47. The van der Waals surface area contributed by atoms with Crippen molar-refractivity contribution in [3.05, 3.63) is 54.0 Å². The van der Waals surface area contributed by atoms with E-state index in [0.717, 1.165) is 11.5 Å². The first kappa shape index (κ1) is 12.8. The third kappa shape index (κ3) is 3.19. The van der Waals surface area contributed by atoms with Crippen LogP contribution in [-0.2, 0) is 6.54 Å². The minimum Gasteiger partial charge on any atom is -0.409 e. The summed E-state index contributed by atoms with van der Waals surface area (Å²) in [5.41, 5.74) is 7.03. The molecule has 2 aromatic rings. The first-order chi connectivity index (χ1) is 9.20. The summed E-state index contributed by atoms with van der Waals surface area (Å²) in [5.74, 6) is 0.839. The van der Waals surface area contributed by atoms with Gasteiger partial charge < -0.3 is 15.8 Å². The summed E-state index contributed by atoms with van der Waals surface area (Å²) < 4.78 is 0. The van der Waals surface area contributed by atoms with E-state index in [0.29, 0.717) is 12.1 Å². The van der Waals surface area contributed by atoms with Crippen LogP contribution in [0.4, 0.5) is 5.82 Å². The standard InChI is InChI=1S/C13H15N5O/c1-18(9-11-4-2-3-7-15-11)12-6-5-10(8-16-12)13(14)17-19/h2-8,19H,9H2,1H3,(H2,14,17). The van der Waals surface area contributed by atoms with Gasteiger partial charge in [0, 0.05) is 25.0 Å². The lowest BCUT2D eigenvalue weighted by atomic mass is 10.2. The molecule has 0 unspecified atom stereocenters. The van der Waals surface area contributed by atoms with Gasteiger partial charge >= 0.3 is 0 Å². The van der Waals surface area contributed by atoms with Gasteiger partial charge in [-0.25, -0.2) is 4.98 Å². The molecule has 6 nitrogen and oxygen atoms in total. The van der Waals surface area contributed by atoms with Crippen LogP contribution in [0.3, 0.4) is 0 Å². The number of nitrogens with zero attached hydrogens (tertiary/aromatic N) is 4. The largest absolute Gasteiger partial charge is 0.409 e. The van der Waals surface area contributed by atoms with Gasteiger partial charge in [-0.2, -0.15) is 0 Å². The van der Waals surface area contributed by atoms with Crippen LogP contribution in [0.15, 0.2) is 47.9 Å². The van der Waals surface area contributed by atoms with Crippen LogP contribution in [0.5, 0.6) is 0 Å². The van der Waals surface area contributed by atoms with Gasteiger partial charge in [-0.15, -0.1) is 0 Å². The van der Waals surface area contributed by atoms with Gasteiger partial charge in [-0.1, -0.05) is 11.2 Å². The second kappa shape index (κ2) is 5.81. The molecule has 19 heavy (non-hydrogen) atoms. The van der Waals surface area contributed by atoms with E-state index >= 15 is 0 Å². The number of aromatic nitrogens is 2. The molecule has 0 aliphatic carbocycles. The van der Waals surface area contributed by atoms with E-state index in [-0.39, 0.29) is 5.84 Å². The van der Waals surface area contributed by atoms with Crippen LogP contribution in [0.25, 0.3) is 0 Å². The summed E-state index contributed by atoms with van der Waals surface area (Å²) >= 11 is 0. The van der Waals surface area contributed by atoms with Gasteiger partial charge in [0.15, 0.2) is 5.84 Å². The monoisotopic (exact) mass is 257 g/mol. The van der Waals surface area contributed by atoms with Crippen molar-refractivity contribution in [2.24, 2.45) is 10.9 Å². The molecule has 2 rings (SSSR count). The number of oxime groups is 1. The number of hydrogen-bond donors (Lipinski definition) is 2. The van der Waals surface area contributed by atoms with Gasteiger partial charge in [0.2, 0.25) is 0 Å². The molecule has 0 aliphatic heterocycles. The number of anilines is 1. The van der Waals surface area contributed by atoms with Crippen LogP contribution in [0.2, 0.25) is 0 Å². The number of amidine groups is 1. The topological polar surface area (TPSA) is 87.6 Å². The van der Waals surface area contributed by atoms with E-state index in [4.69, 9.17) is 10.9 Å². The highest BCUT2D eigenvalue weighted by atomic mass is 16.4. The normalized spacial score (nSPS) is 11.3. The molecule has 0 radical (unpaired) electrons. The smallest absolute Gasteiger partial charge is 0.171 e. The molecule has 0 saturated heterocycles. The summed E-state index contributed by atoms with van der Waals surface area (Å²) in [6, 6.07) is 9.36. The molecule has 6 heteroatoms. The van der Waals surface area contributed by atoms with Crippen molar-refractivity contribution >= 4 is 11.7 Å². The van der Waals surface area contributed by atoms with Gasteiger partial charge in [0.1, 0.15) is 5.82 Å². The highest BCUT2D eigenvalue weighted by molar-refractivity contribution is 5.96. The fourth-order valence-electron chi connectivity index (χ4n) is 1.64. The quantitative estimate of drug-likeness (QED) is 0.372. The lowest BCUT2D eigenvalue weighted by Crippen LogP contribution is -2.19. The van der Waals surface area contributed by atoms with Crippen LogP contribution in [0.1, 0.15) is 11.3 Å². The van der Waals surface area contributed by atoms with Crippen LogP contribution >= 0.6 is 0 Å². The average molecular weight is 257 g/mol. The third-order valence-electron chi connectivity index (χ3n) is 2.67. The van der Waals surface area contributed by atoms with E-state index in [9.17, 15) is 0 Å². The number of hydrogen-bond acceptors (Lipinski definition) is 5. The SMILES string of the molecule is CN(Cc1ccccn1)c1ccc(/C(N)=N/O)cn1. The molecular formula is C13H15N5O. The maximum Gasteiger partial charge on any atom is 0.171 e. The summed E-state index contributed by atoms with van der Waals surface area (Å²) in [7, 11) is 1.93. The molecule has 3 N–H and O–H groups in total. The van der Waals surface area contributed by atoms with Crippen LogP contribution in [-0.4, -0.2) is 28.1 Å². The Morgan fingerprint density at radius 2 is 2.16 bits per heavy atom. The molecule has 0 bridgehead atoms. The van der Waals surface area contributed by atoms with E-state index < -0.39 is 0 Å². The van der Waals surface area contributed by atoms with Crippen molar-refractivity contribution in [3.63, 3.8) is 0 Å². The van der Waals surface area contributed by atoms with Crippen molar-refractivity contribution in [2.45, 2.75) is 6.54 Å². The van der Waals surface area contributed by atoms with E-state index in [1.54, 1.807) is 18.5 Å². The van der Waals surface area contributed by atoms with Gasteiger partial charge in [0.05, 0.1) is 12.2 Å². The molecular weight excluding hydrogens is 242 g/mol. The molecule has 0 atom stereocenters. The first-order valence-corrected chi connectivity index (χ1v) is 5.75. The Hall–Kier alpha value is -2.63. The maximum atomic E-state index is 8.58. The minimum atomic E-state index is 0.0476. The zero-order chi connectivity index (χ0) is 13.7. The second-order valence-electron chi connectivity index (χ2n) is 4.07. The Balaban J connectivity index is 2.10. The van der Waals surface area contributed by atoms with Crippen molar-refractivity contribution in [1.29, 1.82) is 0 Å². The van der Waals surface area contributed by atoms with E-state index in [2.05, 4.69) is 15.1 Å². The van der Waals surface area contributed by atoms with Crippen molar-refractivity contribution in [1.82, 2.24) is 9.97 Å². The zero-order valence-electron chi connectivity index (χ0n) is 10.6. The van der Waals surface area contributed by atoms with Crippen molar-refractivity contribution in [2.75, 3.05) is 11.9 Å². The molecule has 0 amide bonds. The van der Waals surface area contributed by atoms with Crippen molar-refractivity contribution in [3.8, 4) is 0 Å². The third-order valence-corrected chi connectivity index (χ3v) is 2.67. The summed E-state index contributed by atoms with van der Waals surface area (Å²) in [4.78, 5) is 10.5. The molecule has 0 fully saturated rings. The fourth-order valence-corrected chi connectivity index (χ4v) is 1.64. The Labute approximate surface area is 111 Å². The Bertz CT molecular complexity index is 553. The van der Waals surface area contributed by atoms with E-state index in [1.165, 1.54) is 0 Å². The molecule has 0 saturated carbocycles. The number of rotatable bonds is 4. The minimum absolute atomic E-state index is 0.0476. The lowest BCUT2D eigenvalue weighted by Gasteiger charge is -2.17. The number of nitrogens with two attached hydrogens (primary N) is 1. The molecule has 98 valence electrons. The first-order valence-electron chi connectivity index (χ1n) is 5.75. The predicted octanol–water partition coefficient (Wildman–Crippen LogP) is 1.21. The maximum absolute atomic E-state index is 8.58. The van der Waals surface area contributed by atoms with Gasteiger partial charge in [0.25, 0.3) is 0 Å². The second-order valence-corrected chi connectivity index (χ2v) is 4.07. The predicted molar refractivity (Wildman–Crippen MR) is 73.1 cm³/mol. The van der Waals surface area contributed by atoms with Gasteiger partial charge in [-0.05, 0) is 24.3 Å². The Morgan fingerprint density at radius 3 is 2.74 bits per heavy atom. The Kier molecular flexibility index (Phi) is 3.92. The summed E-state index contributed by atoms with van der Waals surface area (Å²) in [5, 5.41) is 11.5. The summed E-state index contributed by atoms with van der Waals surface area (Å²) in [6.45, 7) is 0.663. The molecule has 2 heterocycles.